The Bertz CT molecular complexity index is 1280. The van der Waals surface area contributed by atoms with Crippen LogP contribution in [-0.4, -0.2) is 41.1 Å². The van der Waals surface area contributed by atoms with Crippen LogP contribution in [0.3, 0.4) is 0 Å². The SMILES string of the molecule is C[C@H]1CN(CCCc2ccccc2)[C@@H]2C[C@@H](NC(=O)C3(c4ccccc4)CCC3)C[C@@]1(c1cccc(O)c1)C2.Cl. The van der Waals surface area contributed by atoms with Crippen molar-refractivity contribution in [2.45, 2.75) is 81.2 Å². The maximum absolute atomic E-state index is 14.0. The van der Waals surface area contributed by atoms with Crippen LogP contribution in [0.1, 0.15) is 68.6 Å². The molecule has 2 N–H and O–H groups in total. The van der Waals surface area contributed by atoms with E-state index in [4.69, 9.17) is 0 Å². The second-order valence-corrected chi connectivity index (χ2v) is 12.5. The highest BCUT2D eigenvalue weighted by molar-refractivity contribution is 5.89. The van der Waals surface area contributed by atoms with Gasteiger partial charge in [-0.05, 0) is 86.2 Å². The Morgan fingerprint density at radius 1 is 0.950 bits per heavy atom. The van der Waals surface area contributed by atoms with Crippen LogP contribution in [0.5, 0.6) is 5.75 Å². The van der Waals surface area contributed by atoms with Crippen molar-refractivity contribution in [3.05, 3.63) is 102 Å². The summed E-state index contributed by atoms with van der Waals surface area (Å²) in [4.78, 5) is 16.7. The molecule has 0 unspecified atom stereocenters. The van der Waals surface area contributed by atoms with Gasteiger partial charge in [-0.2, -0.15) is 0 Å². The highest BCUT2D eigenvalue weighted by Crippen LogP contribution is 2.51. The Balaban J connectivity index is 0.00000323. The summed E-state index contributed by atoms with van der Waals surface area (Å²) in [6, 6.07) is 29.6. The summed E-state index contributed by atoms with van der Waals surface area (Å²) in [5.74, 6) is 0.970. The molecular formula is C35H43ClN2O2. The first-order valence-electron chi connectivity index (χ1n) is 14.9. The smallest absolute Gasteiger partial charge is 0.230 e. The number of hydrogen-bond donors (Lipinski definition) is 2. The molecule has 5 heteroatoms. The van der Waals surface area contributed by atoms with Crippen LogP contribution in [0.2, 0.25) is 0 Å². The van der Waals surface area contributed by atoms with Crippen LogP contribution in [-0.2, 0) is 22.0 Å². The van der Waals surface area contributed by atoms with E-state index in [9.17, 15) is 9.90 Å². The molecule has 4 nitrogen and oxygen atoms in total. The highest BCUT2D eigenvalue weighted by atomic mass is 35.5. The van der Waals surface area contributed by atoms with Gasteiger partial charge in [0.2, 0.25) is 5.91 Å². The van der Waals surface area contributed by atoms with Gasteiger partial charge >= 0.3 is 0 Å². The van der Waals surface area contributed by atoms with Crippen molar-refractivity contribution >= 4 is 18.3 Å². The average molecular weight is 559 g/mol. The number of phenolic OH excluding ortho intramolecular Hbond substituents is 1. The van der Waals surface area contributed by atoms with E-state index >= 15 is 0 Å². The van der Waals surface area contributed by atoms with Gasteiger partial charge < -0.3 is 10.4 Å². The molecule has 40 heavy (non-hydrogen) atoms. The normalized spacial score (nSPS) is 27.2. The molecule has 3 aromatic rings. The first-order valence-corrected chi connectivity index (χ1v) is 14.9. The predicted octanol–water partition coefficient (Wildman–Crippen LogP) is 6.80. The molecule has 4 atom stereocenters. The van der Waals surface area contributed by atoms with Gasteiger partial charge in [-0.15, -0.1) is 12.4 Å². The number of nitrogens with one attached hydrogen (secondary N) is 1. The lowest BCUT2D eigenvalue weighted by Crippen LogP contribution is -2.63. The number of carbonyl (C=O) groups excluding carboxylic acids is 1. The van der Waals surface area contributed by atoms with Crippen molar-refractivity contribution in [2.75, 3.05) is 13.1 Å². The minimum Gasteiger partial charge on any atom is -0.508 e. The third-order valence-electron chi connectivity index (χ3n) is 10.2. The fourth-order valence-corrected chi connectivity index (χ4v) is 7.90. The molecule has 212 valence electrons. The van der Waals surface area contributed by atoms with Crippen molar-refractivity contribution in [3.63, 3.8) is 0 Å². The summed E-state index contributed by atoms with van der Waals surface area (Å²) in [6.07, 6.45) is 8.21. The molecule has 1 saturated heterocycles. The fraction of sp³-hybridized carbons (Fsp3) is 0.457. The first-order chi connectivity index (χ1) is 19.0. The zero-order valence-electron chi connectivity index (χ0n) is 23.6. The van der Waals surface area contributed by atoms with E-state index in [0.29, 0.717) is 17.7 Å². The van der Waals surface area contributed by atoms with Crippen LogP contribution in [0, 0.1) is 5.92 Å². The summed E-state index contributed by atoms with van der Waals surface area (Å²) in [5, 5.41) is 14.0. The Morgan fingerprint density at radius 2 is 1.65 bits per heavy atom. The maximum atomic E-state index is 14.0. The van der Waals surface area contributed by atoms with E-state index in [0.717, 1.165) is 70.0 Å². The zero-order chi connectivity index (χ0) is 26.9. The molecule has 3 aromatic carbocycles. The summed E-state index contributed by atoms with van der Waals surface area (Å²) in [5.41, 5.74) is 3.35. The molecule has 1 heterocycles. The first kappa shape index (κ1) is 28.7. The molecule has 3 aliphatic rings. The number of halogens is 1. The van der Waals surface area contributed by atoms with Gasteiger partial charge in [0.05, 0.1) is 5.41 Å². The standard InChI is InChI=1S/C35H42N2O2.ClH/c1-26-25-37(20-9-13-27-11-4-2-5-12-27)31-22-30(23-35(26,24-31)29-16-8-17-32(38)21-29)36-33(39)34(18-10-19-34)28-14-6-3-7-15-28;/h2-8,11-12,14-17,21,26,30-31,38H,9-10,13,18-20,22-25H2,1H3,(H,36,39);1H/t26-,30+,31+,35+;/m0./s1. The lowest BCUT2D eigenvalue weighted by atomic mass is 9.57. The third-order valence-corrected chi connectivity index (χ3v) is 10.2. The van der Waals surface area contributed by atoms with Crippen LogP contribution in [0.15, 0.2) is 84.9 Å². The fourth-order valence-electron chi connectivity index (χ4n) is 7.90. The number of hydrogen-bond acceptors (Lipinski definition) is 3. The third kappa shape index (κ3) is 5.41. The van der Waals surface area contributed by atoms with Crippen molar-refractivity contribution in [2.24, 2.45) is 5.92 Å². The number of aryl methyl sites for hydroxylation is 1. The summed E-state index contributed by atoms with van der Waals surface area (Å²) in [7, 11) is 0. The number of benzene rings is 3. The monoisotopic (exact) mass is 558 g/mol. The molecule has 1 amide bonds. The van der Waals surface area contributed by atoms with Gasteiger partial charge in [-0.1, -0.05) is 86.1 Å². The van der Waals surface area contributed by atoms with Gasteiger partial charge in [-0.25, -0.2) is 0 Å². The molecular weight excluding hydrogens is 516 g/mol. The Hall–Kier alpha value is -2.82. The van der Waals surface area contributed by atoms with Crippen molar-refractivity contribution in [1.29, 1.82) is 0 Å². The summed E-state index contributed by atoms with van der Waals surface area (Å²) >= 11 is 0. The Labute approximate surface area is 245 Å². The van der Waals surface area contributed by atoms with Gasteiger partial charge in [0.25, 0.3) is 0 Å². The Morgan fingerprint density at radius 3 is 2.33 bits per heavy atom. The van der Waals surface area contributed by atoms with E-state index in [-0.39, 0.29) is 35.2 Å². The molecule has 1 aliphatic heterocycles. The van der Waals surface area contributed by atoms with E-state index in [2.05, 4.69) is 77.8 Å². The van der Waals surface area contributed by atoms with E-state index < -0.39 is 0 Å². The molecule has 6 rings (SSSR count). The van der Waals surface area contributed by atoms with Crippen LogP contribution in [0.4, 0.5) is 0 Å². The summed E-state index contributed by atoms with van der Waals surface area (Å²) in [6.45, 7) is 4.52. The van der Waals surface area contributed by atoms with Crippen LogP contribution >= 0.6 is 12.4 Å². The molecule has 0 aromatic heterocycles. The number of nitrogens with zero attached hydrogens (tertiary/aromatic N) is 1. The number of phenols is 1. The van der Waals surface area contributed by atoms with Crippen molar-refractivity contribution in [1.82, 2.24) is 10.2 Å². The Kier molecular flexibility index (Phi) is 8.58. The number of aromatic hydroxyl groups is 1. The van der Waals surface area contributed by atoms with Crippen LogP contribution < -0.4 is 5.32 Å². The number of amides is 1. The predicted molar refractivity (Wildman–Crippen MR) is 164 cm³/mol. The second-order valence-electron chi connectivity index (χ2n) is 12.5. The highest BCUT2D eigenvalue weighted by Gasteiger charge is 2.52. The summed E-state index contributed by atoms with van der Waals surface area (Å²) < 4.78 is 0. The minimum atomic E-state index is -0.382. The minimum absolute atomic E-state index is 0. The van der Waals surface area contributed by atoms with Gasteiger partial charge in [0.1, 0.15) is 5.75 Å². The lowest BCUT2D eigenvalue weighted by Gasteiger charge is -2.57. The van der Waals surface area contributed by atoms with E-state index in [1.54, 1.807) is 6.07 Å². The molecule has 0 radical (unpaired) electrons. The van der Waals surface area contributed by atoms with Crippen molar-refractivity contribution in [3.8, 4) is 5.75 Å². The van der Waals surface area contributed by atoms with Crippen molar-refractivity contribution < 1.29 is 9.90 Å². The van der Waals surface area contributed by atoms with Crippen LogP contribution in [0.25, 0.3) is 0 Å². The van der Waals surface area contributed by atoms with Gasteiger partial charge in [0, 0.05) is 24.0 Å². The lowest BCUT2D eigenvalue weighted by molar-refractivity contribution is -0.131. The molecule has 3 fully saturated rings. The molecule has 0 spiro atoms. The number of rotatable bonds is 8. The largest absolute Gasteiger partial charge is 0.508 e. The number of fused-ring (bicyclic) bond motifs is 2. The quantitative estimate of drug-likeness (QED) is 0.320. The van der Waals surface area contributed by atoms with Gasteiger partial charge in [-0.3, -0.25) is 9.69 Å². The van der Waals surface area contributed by atoms with E-state index in [1.807, 2.05) is 18.2 Å². The molecule has 2 aliphatic carbocycles. The molecule has 2 saturated carbocycles. The van der Waals surface area contributed by atoms with E-state index in [1.165, 1.54) is 11.1 Å². The number of carbonyl (C=O) groups is 1. The van der Waals surface area contributed by atoms with Gasteiger partial charge in [0.15, 0.2) is 0 Å². The average Bonchev–Trinajstić information content (AvgIpc) is 2.92. The maximum Gasteiger partial charge on any atom is 0.230 e. The number of piperidine rings is 1. The molecule has 2 bridgehead atoms. The topological polar surface area (TPSA) is 52.6 Å². The number of likely N-dealkylation sites (tertiary alicyclic amines) is 1. The zero-order valence-corrected chi connectivity index (χ0v) is 24.4. The second kappa shape index (κ2) is 12.0.